The van der Waals surface area contributed by atoms with Crippen LogP contribution in [-0.2, 0) is 0 Å². The Hall–Kier alpha value is -1.77. The number of aromatic amines is 1. The first-order valence-electron chi connectivity index (χ1n) is 5.09. The minimum Gasteiger partial charge on any atom is -0.377 e. The second-order valence-electron chi connectivity index (χ2n) is 3.69. The van der Waals surface area contributed by atoms with E-state index in [4.69, 9.17) is 0 Å². The molecular formula is C12H15N3. The van der Waals surface area contributed by atoms with Crippen molar-refractivity contribution in [1.29, 1.82) is 0 Å². The van der Waals surface area contributed by atoms with E-state index < -0.39 is 0 Å². The van der Waals surface area contributed by atoms with Crippen LogP contribution in [0.2, 0.25) is 0 Å². The summed E-state index contributed by atoms with van der Waals surface area (Å²) in [6.45, 7) is 4.21. The summed E-state index contributed by atoms with van der Waals surface area (Å²) in [7, 11) is 0. The maximum absolute atomic E-state index is 3.94. The van der Waals surface area contributed by atoms with E-state index >= 15 is 0 Å². The number of nitrogens with one attached hydrogen (secondary N) is 2. The van der Waals surface area contributed by atoms with Gasteiger partial charge in [0.1, 0.15) is 0 Å². The molecule has 3 heteroatoms. The fourth-order valence-electron chi connectivity index (χ4n) is 1.55. The van der Waals surface area contributed by atoms with Gasteiger partial charge in [-0.1, -0.05) is 18.2 Å². The van der Waals surface area contributed by atoms with Gasteiger partial charge in [-0.2, -0.15) is 5.10 Å². The van der Waals surface area contributed by atoms with E-state index in [1.807, 2.05) is 18.2 Å². The Balaban J connectivity index is 2.13. The molecular weight excluding hydrogens is 186 g/mol. The summed E-state index contributed by atoms with van der Waals surface area (Å²) >= 11 is 0. The molecule has 0 fully saturated rings. The molecule has 2 N–H and O–H groups in total. The van der Waals surface area contributed by atoms with Crippen LogP contribution in [0.1, 0.15) is 24.2 Å². The number of nitrogens with zero attached hydrogens (tertiary/aromatic N) is 1. The van der Waals surface area contributed by atoms with Crippen molar-refractivity contribution >= 4 is 5.69 Å². The quantitative estimate of drug-likeness (QED) is 0.801. The smallest absolute Gasteiger partial charge is 0.0651 e. The van der Waals surface area contributed by atoms with E-state index in [1.54, 1.807) is 6.20 Å². The number of H-pyrrole nitrogens is 1. The topological polar surface area (TPSA) is 40.7 Å². The first-order valence-corrected chi connectivity index (χ1v) is 5.09. The zero-order valence-electron chi connectivity index (χ0n) is 8.99. The summed E-state index contributed by atoms with van der Waals surface area (Å²) in [5.41, 5.74) is 3.52. The number of rotatable bonds is 3. The van der Waals surface area contributed by atoms with Gasteiger partial charge < -0.3 is 5.32 Å². The second kappa shape index (κ2) is 4.17. The van der Waals surface area contributed by atoms with Crippen molar-refractivity contribution in [3.63, 3.8) is 0 Å². The highest BCUT2D eigenvalue weighted by atomic mass is 15.1. The van der Waals surface area contributed by atoms with Crippen molar-refractivity contribution in [3.8, 4) is 0 Å². The molecule has 0 spiro atoms. The van der Waals surface area contributed by atoms with Gasteiger partial charge in [0.05, 0.1) is 11.7 Å². The summed E-state index contributed by atoms with van der Waals surface area (Å²) in [4.78, 5) is 0. The average Bonchev–Trinajstić information content (AvgIpc) is 2.74. The molecule has 2 rings (SSSR count). The molecule has 0 saturated carbocycles. The number of aryl methyl sites for hydroxylation is 1. The Kier molecular flexibility index (Phi) is 2.72. The Morgan fingerprint density at radius 1 is 1.27 bits per heavy atom. The van der Waals surface area contributed by atoms with Crippen LogP contribution in [0.4, 0.5) is 5.69 Å². The fraction of sp³-hybridized carbons (Fsp3) is 0.250. The molecule has 0 bridgehead atoms. The number of benzene rings is 1. The average molecular weight is 201 g/mol. The summed E-state index contributed by atoms with van der Waals surface area (Å²) < 4.78 is 0. The number of aromatic nitrogens is 2. The largest absolute Gasteiger partial charge is 0.377 e. The van der Waals surface area contributed by atoms with E-state index in [0.717, 1.165) is 5.69 Å². The van der Waals surface area contributed by atoms with Gasteiger partial charge in [-0.25, -0.2) is 0 Å². The molecule has 0 aliphatic rings. The lowest BCUT2D eigenvalue weighted by atomic mass is 10.1. The first-order chi connectivity index (χ1) is 7.27. The molecule has 1 aromatic carbocycles. The van der Waals surface area contributed by atoms with Gasteiger partial charge in [-0.3, -0.25) is 5.10 Å². The van der Waals surface area contributed by atoms with Crippen LogP contribution in [0.15, 0.2) is 36.5 Å². The molecule has 0 amide bonds. The minimum atomic E-state index is 0.244. The van der Waals surface area contributed by atoms with Crippen molar-refractivity contribution in [2.24, 2.45) is 0 Å². The van der Waals surface area contributed by atoms with E-state index in [2.05, 4.69) is 41.5 Å². The Bertz CT molecular complexity index is 420. The Labute approximate surface area is 89.5 Å². The number of hydrogen-bond acceptors (Lipinski definition) is 2. The molecule has 0 aliphatic carbocycles. The van der Waals surface area contributed by atoms with Gasteiger partial charge in [-0.15, -0.1) is 0 Å². The van der Waals surface area contributed by atoms with E-state index in [1.165, 1.54) is 11.3 Å². The summed E-state index contributed by atoms with van der Waals surface area (Å²) in [5.74, 6) is 0. The third-order valence-corrected chi connectivity index (χ3v) is 2.51. The van der Waals surface area contributed by atoms with Crippen LogP contribution < -0.4 is 5.32 Å². The lowest BCUT2D eigenvalue weighted by Crippen LogP contribution is -2.07. The highest BCUT2D eigenvalue weighted by Crippen LogP contribution is 2.20. The highest BCUT2D eigenvalue weighted by Gasteiger charge is 2.06. The molecule has 15 heavy (non-hydrogen) atoms. The Morgan fingerprint density at radius 2 is 2.07 bits per heavy atom. The minimum absolute atomic E-state index is 0.244. The van der Waals surface area contributed by atoms with E-state index in [-0.39, 0.29) is 6.04 Å². The van der Waals surface area contributed by atoms with Crippen LogP contribution >= 0.6 is 0 Å². The molecule has 0 aliphatic heterocycles. The SMILES string of the molecule is Cc1ccccc1NC(C)c1ccn[nH]1. The first kappa shape index (κ1) is 9.77. The van der Waals surface area contributed by atoms with Gasteiger partial charge in [0.2, 0.25) is 0 Å². The number of para-hydroxylation sites is 1. The lowest BCUT2D eigenvalue weighted by molar-refractivity contribution is 0.824. The monoisotopic (exact) mass is 201 g/mol. The summed E-state index contributed by atoms with van der Waals surface area (Å²) in [5, 5.41) is 10.3. The predicted octanol–water partition coefficient (Wildman–Crippen LogP) is 2.89. The van der Waals surface area contributed by atoms with Gasteiger partial charge in [0.25, 0.3) is 0 Å². The van der Waals surface area contributed by atoms with Gasteiger partial charge in [0, 0.05) is 11.9 Å². The summed E-state index contributed by atoms with van der Waals surface area (Å²) in [6, 6.07) is 10.5. The van der Waals surface area contributed by atoms with Crippen molar-refractivity contribution < 1.29 is 0 Å². The number of hydrogen-bond donors (Lipinski definition) is 2. The highest BCUT2D eigenvalue weighted by molar-refractivity contribution is 5.51. The van der Waals surface area contributed by atoms with Crippen molar-refractivity contribution in [3.05, 3.63) is 47.8 Å². The maximum Gasteiger partial charge on any atom is 0.0651 e. The molecule has 78 valence electrons. The molecule has 1 unspecified atom stereocenters. The Morgan fingerprint density at radius 3 is 2.73 bits per heavy atom. The van der Waals surface area contributed by atoms with Crippen LogP contribution in [0, 0.1) is 6.92 Å². The molecule has 1 aromatic heterocycles. The van der Waals surface area contributed by atoms with Crippen molar-refractivity contribution in [2.45, 2.75) is 19.9 Å². The molecule has 0 radical (unpaired) electrons. The third kappa shape index (κ3) is 2.18. The van der Waals surface area contributed by atoms with Gasteiger partial charge in [-0.05, 0) is 31.5 Å². The van der Waals surface area contributed by atoms with Crippen LogP contribution in [0.3, 0.4) is 0 Å². The summed E-state index contributed by atoms with van der Waals surface area (Å²) in [6.07, 6.45) is 1.77. The lowest BCUT2D eigenvalue weighted by Gasteiger charge is -2.15. The van der Waals surface area contributed by atoms with Crippen molar-refractivity contribution in [2.75, 3.05) is 5.32 Å². The van der Waals surface area contributed by atoms with Crippen LogP contribution in [0.25, 0.3) is 0 Å². The van der Waals surface area contributed by atoms with Crippen molar-refractivity contribution in [1.82, 2.24) is 10.2 Å². The van der Waals surface area contributed by atoms with Crippen LogP contribution in [-0.4, -0.2) is 10.2 Å². The van der Waals surface area contributed by atoms with Gasteiger partial charge >= 0.3 is 0 Å². The maximum atomic E-state index is 3.94. The standard InChI is InChI=1S/C12H15N3/c1-9-5-3-4-6-11(9)14-10(2)12-7-8-13-15-12/h3-8,10,14H,1-2H3,(H,13,15). The van der Waals surface area contributed by atoms with Gasteiger partial charge in [0.15, 0.2) is 0 Å². The molecule has 0 saturated heterocycles. The molecule has 3 nitrogen and oxygen atoms in total. The second-order valence-corrected chi connectivity index (χ2v) is 3.69. The molecule has 2 aromatic rings. The fourth-order valence-corrected chi connectivity index (χ4v) is 1.55. The number of anilines is 1. The molecule has 1 heterocycles. The predicted molar refractivity (Wildman–Crippen MR) is 61.8 cm³/mol. The normalized spacial score (nSPS) is 12.4. The third-order valence-electron chi connectivity index (χ3n) is 2.51. The van der Waals surface area contributed by atoms with E-state index in [9.17, 15) is 0 Å². The zero-order valence-corrected chi connectivity index (χ0v) is 8.99. The van der Waals surface area contributed by atoms with Crippen LogP contribution in [0.5, 0.6) is 0 Å². The van der Waals surface area contributed by atoms with E-state index in [0.29, 0.717) is 0 Å². The zero-order chi connectivity index (χ0) is 10.7. The molecule has 1 atom stereocenters.